The van der Waals surface area contributed by atoms with Crippen LogP contribution >= 0.6 is 0 Å². The van der Waals surface area contributed by atoms with E-state index in [0.717, 1.165) is 4.90 Å². The molecule has 10 N–H and O–H groups in total. The number of likely N-dealkylation sites (N-methyl/N-ethyl adjacent to an activating group) is 2. The van der Waals surface area contributed by atoms with Gasteiger partial charge in [0.25, 0.3) is 6.47 Å². The molecule has 7 amide bonds. The second-order valence-corrected chi connectivity index (χ2v) is 24.1. The lowest BCUT2D eigenvalue weighted by Crippen LogP contribution is -2.59. The highest BCUT2D eigenvalue weighted by Crippen LogP contribution is 2.33. The average Bonchev–Trinajstić information content (AvgIpc) is 1.16. The van der Waals surface area contributed by atoms with E-state index in [1.807, 2.05) is 19.9 Å². The van der Waals surface area contributed by atoms with Crippen LogP contribution in [0.5, 0.6) is 5.75 Å². The van der Waals surface area contributed by atoms with Crippen molar-refractivity contribution >= 4 is 65.3 Å². The van der Waals surface area contributed by atoms with Gasteiger partial charge in [0.05, 0.1) is 67.9 Å². The number of hydrogen-bond acceptors (Lipinski definition) is 22. The molecule has 0 radical (unpaired) electrons. The number of Topliss-reactive ketones (excluding diaryl/α,β-unsaturated/α-hetero) is 2. The van der Waals surface area contributed by atoms with Gasteiger partial charge in [0.1, 0.15) is 37.3 Å². The van der Waals surface area contributed by atoms with Crippen LogP contribution in [0.4, 0.5) is 10.5 Å². The number of benzene rings is 2. The first-order valence-electron chi connectivity index (χ1n) is 30.9. The number of carbonyl (C=O) groups is 10. The molecule has 2 unspecified atom stereocenters. The summed E-state index contributed by atoms with van der Waals surface area (Å²) < 4.78 is 33.9. The number of ketones is 2. The van der Waals surface area contributed by atoms with Crippen LogP contribution in [0, 0.1) is 29.6 Å². The van der Waals surface area contributed by atoms with Gasteiger partial charge in [-0.1, -0.05) is 85.2 Å². The monoisotopic (exact) mass is 1300 g/mol. The first kappa shape index (κ1) is 77.2. The molecule has 29 nitrogen and oxygen atoms in total. The normalized spacial score (nSPS) is 21.0. The van der Waals surface area contributed by atoms with Gasteiger partial charge in [-0.15, -0.1) is 0 Å². The van der Waals surface area contributed by atoms with E-state index in [2.05, 4.69) is 26.1 Å². The van der Waals surface area contributed by atoms with Crippen molar-refractivity contribution < 1.29 is 102 Å². The third-order valence-corrected chi connectivity index (χ3v) is 16.9. The predicted molar refractivity (Wildman–Crippen MR) is 330 cm³/mol. The van der Waals surface area contributed by atoms with Crippen molar-refractivity contribution in [2.24, 2.45) is 35.5 Å². The molecule has 0 saturated carbocycles. The lowest BCUT2D eigenvalue weighted by molar-refractivity contribution is -0.321. The van der Waals surface area contributed by atoms with Gasteiger partial charge in [-0.05, 0) is 61.3 Å². The number of hydrogen-bond donors (Lipinski definition) is 9. The van der Waals surface area contributed by atoms with E-state index in [1.54, 1.807) is 82.7 Å². The Kier molecular flexibility index (Phi) is 31.5. The molecule has 0 bridgehead atoms. The van der Waals surface area contributed by atoms with Gasteiger partial charge in [0, 0.05) is 71.3 Å². The Balaban J connectivity index is 1.50. The summed E-state index contributed by atoms with van der Waals surface area (Å²) in [4.78, 5) is 141. The quantitative estimate of drug-likeness (QED) is 0.0341. The molecular weight excluding hydrogens is 1200 g/mol. The molecule has 2 aromatic carbocycles. The van der Waals surface area contributed by atoms with E-state index in [1.165, 1.54) is 39.5 Å². The second-order valence-electron chi connectivity index (χ2n) is 24.1. The minimum Gasteiger partial charge on any atom is -0.461 e. The van der Waals surface area contributed by atoms with E-state index < -0.39 is 158 Å². The highest BCUT2D eigenvalue weighted by molar-refractivity contribution is 5.96. The third kappa shape index (κ3) is 21.7. The fourth-order valence-electron chi connectivity index (χ4n) is 11.5. The number of anilines is 1. The minimum absolute atomic E-state index is 0.00461. The molecule has 2 aromatic rings. The van der Waals surface area contributed by atoms with Gasteiger partial charge >= 0.3 is 6.09 Å². The Morgan fingerprint density at radius 2 is 1.47 bits per heavy atom. The predicted octanol–water partition coefficient (Wildman–Crippen LogP) is 1.40. The first-order chi connectivity index (χ1) is 43.5. The second kappa shape index (κ2) is 37.5. The maximum absolute atomic E-state index is 15.0. The van der Waals surface area contributed by atoms with Crippen LogP contribution < -0.4 is 31.9 Å². The lowest BCUT2D eigenvalue weighted by Gasteiger charge is -2.41. The first-order valence-corrected chi connectivity index (χ1v) is 30.9. The number of nitrogens with one attached hydrogen (secondary N) is 4. The smallest absolute Gasteiger partial charge is 0.410 e. The fourth-order valence-corrected chi connectivity index (χ4v) is 11.5. The molecule has 29 heteroatoms. The SMILES string of the molecule is CC[C@H](C)[C@@H]([C@@H](CC(=O)N1CCC[C@H]1[C@H](OC)[C@@H](C)C(=O)N[C@H](C)[C@@H](O)c1ccccc1)OC)N(C)C(=O)[C@@H](CC(=O)[C@H](C(C)C)N(C)C(=O)OCc1cc(NC(=O)CNC(=O)CCC(=O)CNC(=O)CON)ccc1O[C@@H]1OC(OC=O)[C@@H](O)[C@H](O)C1O)C(C)C. The molecule has 2 saturated heterocycles. The number of likely N-dealkylation sites (tertiary alicyclic amines) is 1. The average molecular weight is 1300 g/mol. The van der Waals surface area contributed by atoms with Gasteiger partial charge in [0.15, 0.2) is 11.6 Å². The zero-order chi connectivity index (χ0) is 68.7. The van der Waals surface area contributed by atoms with Crippen molar-refractivity contribution in [2.75, 3.05) is 59.9 Å². The maximum Gasteiger partial charge on any atom is 0.410 e. The van der Waals surface area contributed by atoms with Crippen LogP contribution in [0.3, 0.4) is 0 Å². The number of amides is 7. The molecule has 2 fully saturated rings. The van der Waals surface area contributed by atoms with Gasteiger partial charge in [-0.2, -0.15) is 0 Å². The highest BCUT2D eigenvalue weighted by Gasteiger charge is 2.47. The summed E-state index contributed by atoms with van der Waals surface area (Å²) in [5.41, 5.74) is 0.707. The van der Waals surface area contributed by atoms with Crippen LogP contribution in [0.2, 0.25) is 0 Å². The molecule has 2 aliphatic rings. The Bertz CT molecular complexity index is 2780. The summed E-state index contributed by atoms with van der Waals surface area (Å²) in [6.45, 7) is 12.7. The molecule has 4 rings (SSSR count). The highest BCUT2D eigenvalue weighted by atomic mass is 16.8. The fraction of sp³-hybridized carbons (Fsp3) is 0.651. The summed E-state index contributed by atoms with van der Waals surface area (Å²) in [7, 11) is 5.94. The Hall–Kier alpha value is -7.22. The zero-order valence-electron chi connectivity index (χ0n) is 54.6. The van der Waals surface area contributed by atoms with Gasteiger partial charge < -0.3 is 80.1 Å². The summed E-state index contributed by atoms with van der Waals surface area (Å²) in [5, 5.41) is 52.8. The van der Waals surface area contributed by atoms with E-state index in [9.17, 15) is 68.4 Å². The molecule has 2 aliphatic heterocycles. The van der Waals surface area contributed by atoms with Gasteiger partial charge in [-0.25, -0.2) is 10.7 Å². The number of aliphatic hydroxyl groups excluding tert-OH is 4. The molecule has 92 heavy (non-hydrogen) atoms. The number of nitrogens with zero attached hydrogens (tertiary/aromatic N) is 3. The number of rotatable bonds is 37. The van der Waals surface area contributed by atoms with E-state index in [4.69, 9.17) is 34.3 Å². The van der Waals surface area contributed by atoms with Crippen molar-refractivity contribution in [3.63, 3.8) is 0 Å². The molecule has 15 atom stereocenters. The van der Waals surface area contributed by atoms with Crippen molar-refractivity contribution in [3.05, 3.63) is 59.7 Å². The van der Waals surface area contributed by atoms with E-state index in [0.29, 0.717) is 31.4 Å². The summed E-state index contributed by atoms with van der Waals surface area (Å²) in [6.07, 6.45) is -12.0. The lowest BCUT2D eigenvalue weighted by atomic mass is 9.83. The topological polar surface area (TPSA) is 400 Å². The van der Waals surface area contributed by atoms with Crippen LogP contribution in [0.1, 0.15) is 118 Å². The largest absolute Gasteiger partial charge is 0.461 e. The number of nitrogens with two attached hydrogens (primary N) is 1. The van der Waals surface area contributed by atoms with Crippen molar-refractivity contribution in [2.45, 2.75) is 180 Å². The minimum atomic E-state index is -1.94. The van der Waals surface area contributed by atoms with Crippen LogP contribution in [-0.2, 0) is 78.3 Å². The molecule has 0 aromatic heterocycles. The van der Waals surface area contributed by atoms with Crippen LogP contribution in [0.15, 0.2) is 48.5 Å². The summed E-state index contributed by atoms with van der Waals surface area (Å²) in [5.74, 6) is -2.10. The van der Waals surface area contributed by atoms with Crippen molar-refractivity contribution in [3.8, 4) is 5.75 Å². The van der Waals surface area contributed by atoms with Gasteiger partial charge in [0.2, 0.25) is 48.0 Å². The molecule has 0 spiro atoms. The summed E-state index contributed by atoms with van der Waals surface area (Å²) >= 11 is 0. The Morgan fingerprint density at radius 3 is 2.08 bits per heavy atom. The maximum atomic E-state index is 15.0. The number of carbonyl (C=O) groups excluding carboxylic acids is 10. The van der Waals surface area contributed by atoms with E-state index >= 15 is 0 Å². The van der Waals surface area contributed by atoms with E-state index in [-0.39, 0.29) is 73.4 Å². The van der Waals surface area contributed by atoms with Crippen LogP contribution in [-0.4, -0.2) is 217 Å². The molecular formula is C63H96N8O21. The molecule has 514 valence electrons. The van der Waals surface area contributed by atoms with Crippen molar-refractivity contribution in [1.82, 2.24) is 30.7 Å². The number of methoxy groups -OCH3 is 2. The number of ether oxygens (including phenoxy) is 6. The Labute approximate surface area is 536 Å². The Morgan fingerprint density at radius 1 is 0.804 bits per heavy atom. The number of aliphatic hydroxyl groups is 4. The molecule has 2 heterocycles. The molecule has 0 aliphatic carbocycles. The van der Waals surface area contributed by atoms with Crippen LogP contribution in [0.25, 0.3) is 0 Å². The van der Waals surface area contributed by atoms with Gasteiger partial charge in [-0.3, -0.25) is 52.7 Å². The third-order valence-electron chi connectivity index (χ3n) is 16.9. The van der Waals surface area contributed by atoms with Crippen molar-refractivity contribution in [1.29, 1.82) is 0 Å². The summed E-state index contributed by atoms with van der Waals surface area (Å²) in [6, 6.07) is 9.97. The zero-order valence-corrected chi connectivity index (χ0v) is 54.6. The standard InChI is InChI=1S/C63H96N8O21/c1-13-36(6)53(47(86-11)28-51(78)71-25-17-20-44(71)58(87-12)37(7)59(83)67-38(8)54(79)39-18-15-14-16-19-39)69(9)60(84)43(34(2)3)27-45(74)52(35(4)5)70(10)63(85)88-31-40-26-41(21-23-46(40)91-62-57(82)55(80)56(81)61(92-62)89-33-72)68-49(76)30-66-48(75)24-22-42(73)29-65-50(77)32-90-64/h14-16,18-19,21,23,26,33-38,43-44,47,52-58,61-62,79-82H,13,17,20,22,24-25,27-32,64H2,1-12H3,(H,65,77)(H,66,75)(H,67,83)(H,68,76)/t36-,37+,38+,43-,44-,47+,52-,53-,54+,55-,56-,57?,58+,61?,62+/m0/s1.